The van der Waals surface area contributed by atoms with Crippen LogP contribution in [-0.2, 0) is 14.9 Å². The largest absolute Gasteiger partial charge is 0.285 e. The Hall–Kier alpha value is -0.130. The Balaban J connectivity index is 4.55. The van der Waals surface area contributed by atoms with Crippen LogP contribution in [0, 0.1) is 0 Å². The van der Waals surface area contributed by atoms with Gasteiger partial charge in [-0.15, -0.1) is 0 Å². The molecule has 0 aromatic carbocycles. The Morgan fingerprint density at radius 1 is 1.70 bits per heavy atom. The number of carbonyl (C=O) groups excluding carboxylic acids is 1. The molecule has 0 bridgehead atoms. The van der Waals surface area contributed by atoms with Gasteiger partial charge >= 0.3 is 0 Å². The summed E-state index contributed by atoms with van der Waals surface area (Å²) >= 11 is 4.85. The molecule has 60 valence electrons. The van der Waals surface area contributed by atoms with Gasteiger partial charge in [0.1, 0.15) is 0 Å². The van der Waals surface area contributed by atoms with Crippen molar-refractivity contribution in [2.75, 3.05) is 0 Å². The average Bonchev–Trinajstić information content (AvgIpc) is 1.60. The summed E-state index contributed by atoms with van der Waals surface area (Å²) in [4.78, 5) is 10.2. The van der Waals surface area contributed by atoms with E-state index in [4.69, 9.17) is 16.2 Å². The molecule has 0 radical (unpaired) electrons. The quantitative estimate of drug-likeness (QED) is 0.512. The molecule has 0 heterocycles. The van der Waals surface area contributed by atoms with Crippen molar-refractivity contribution in [2.45, 2.75) is 18.6 Å². The topological polar surface area (TPSA) is 71.4 Å². The minimum absolute atomic E-state index is 0.0127. The molecule has 0 aromatic rings. The van der Waals surface area contributed by atoms with Crippen molar-refractivity contribution in [1.29, 1.82) is 0 Å². The van der Waals surface area contributed by atoms with Crippen LogP contribution in [0.4, 0.5) is 0 Å². The maximum atomic E-state index is 10.3. The molecular formula is C4H7ClO4S. The predicted molar refractivity (Wildman–Crippen MR) is 36.5 cm³/mol. The third kappa shape index (κ3) is 2.64. The zero-order valence-electron chi connectivity index (χ0n) is 5.24. The second-order valence-electron chi connectivity index (χ2n) is 1.72. The highest BCUT2D eigenvalue weighted by molar-refractivity contribution is 7.87. The highest BCUT2D eigenvalue weighted by atomic mass is 35.5. The number of hydrogen-bond donors (Lipinski definition) is 1. The van der Waals surface area contributed by atoms with E-state index in [1.54, 1.807) is 0 Å². The second-order valence-corrected chi connectivity index (χ2v) is 3.69. The van der Waals surface area contributed by atoms with Crippen LogP contribution in [0.5, 0.6) is 0 Å². The summed E-state index contributed by atoms with van der Waals surface area (Å²) in [7, 11) is -4.30. The zero-order chi connectivity index (χ0) is 8.36. The molecule has 0 fully saturated rings. The van der Waals surface area contributed by atoms with Gasteiger partial charge < -0.3 is 0 Å². The Morgan fingerprint density at radius 3 is 2.10 bits per heavy atom. The van der Waals surface area contributed by atoms with Crippen LogP contribution in [0.25, 0.3) is 0 Å². The van der Waals surface area contributed by atoms with Crippen LogP contribution < -0.4 is 0 Å². The summed E-state index contributed by atoms with van der Waals surface area (Å²) in [6.45, 7) is 1.44. The Morgan fingerprint density at radius 2 is 2.10 bits per heavy atom. The average molecular weight is 187 g/mol. The molecule has 0 aromatic heterocycles. The highest BCUT2D eigenvalue weighted by Crippen LogP contribution is 2.06. The fraction of sp³-hybridized carbons (Fsp3) is 0.750. The Labute approximate surface area is 63.9 Å². The van der Waals surface area contributed by atoms with Gasteiger partial charge in [0.2, 0.25) is 5.24 Å². The van der Waals surface area contributed by atoms with Gasteiger partial charge in [-0.1, -0.05) is 6.92 Å². The van der Waals surface area contributed by atoms with E-state index >= 15 is 0 Å². The molecule has 10 heavy (non-hydrogen) atoms. The monoisotopic (exact) mass is 186 g/mol. The van der Waals surface area contributed by atoms with Crippen molar-refractivity contribution < 1.29 is 17.8 Å². The number of hydrogen-bond acceptors (Lipinski definition) is 3. The summed E-state index contributed by atoms with van der Waals surface area (Å²) in [6, 6.07) is 0. The molecule has 0 aliphatic carbocycles. The van der Waals surface area contributed by atoms with Crippen LogP contribution in [0.15, 0.2) is 0 Å². The first-order chi connectivity index (χ1) is 4.39. The van der Waals surface area contributed by atoms with Crippen LogP contribution in [0.1, 0.15) is 13.3 Å². The first kappa shape index (κ1) is 9.87. The molecule has 0 spiro atoms. The van der Waals surface area contributed by atoms with Crippen molar-refractivity contribution in [2.24, 2.45) is 0 Å². The van der Waals surface area contributed by atoms with E-state index in [1.165, 1.54) is 6.92 Å². The van der Waals surface area contributed by atoms with E-state index < -0.39 is 20.6 Å². The second kappa shape index (κ2) is 3.32. The molecule has 1 atom stereocenters. The van der Waals surface area contributed by atoms with E-state index in [1.807, 2.05) is 0 Å². The molecule has 0 aliphatic heterocycles. The molecule has 4 nitrogen and oxygen atoms in total. The summed E-state index contributed by atoms with van der Waals surface area (Å²) in [5.41, 5.74) is 0. The van der Waals surface area contributed by atoms with Gasteiger partial charge in [0, 0.05) is 0 Å². The number of halogens is 1. The Kier molecular flexibility index (Phi) is 3.27. The fourth-order valence-electron chi connectivity index (χ4n) is 0.488. The van der Waals surface area contributed by atoms with Crippen LogP contribution in [0.2, 0.25) is 0 Å². The molecule has 6 heteroatoms. The van der Waals surface area contributed by atoms with Crippen molar-refractivity contribution >= 4 is 27.0 Å². The first-order valence-electron chi connectivity index (χ1n) is 2.55. The summed E-state index contributed by atoms with van der Waals surface area (Å²) < 4.78 is 28.8. The van der Waals surface area contributed by atoms with Crippen molar-refractivity contribution in [3.8, 4) is 0 Å². The van der Waals surface area contributed by atoms with Crippen LogP contribution in [0.3, 0.4) is 0 Å². The van der Waals surface area contributed by atoms with Crippen molar-refractivity contribution in [3.63, 3.8) is 0 Å². The standard InChI is InChI=1S/C4H7ClO4S/c1-2-3(4(5)6)10(7,8)9/h3H,2H2,1H3,(H,7,8,9). The SMILES string of the molecule is CCC(C(=O)Cl)S(=O)(=O)O. The zero-order valence-corrected chi connectivity index (χ0v) is 6.82. The third-order valence-electron chi connectivity index (χ3n) is 0.983. The smallest absolute Gasteiger partial charge is 0.276 e. The molecule has 0 saturated heterocycles. The van der Waals surface area contributed by atoms with E-state index in [-0.39, 0.29) is 6.42 Å². The van der Waals surface area contributed by atoms with Gasteiger partial charge in [-0.25, -0.2) is 0 Å². The van der Waals surface area contributed by atoms with Gasteiger partial charge in [0.15, 0.2) is 5.25 Å². The van der Waals surface area contributed by atoms with Crippen molar-refractivity contribution in [3.05, 3.63) is 0 Å². The van der Waals surface area contributed by atoms with Gasteiger partial charge in [-0.2, -0.15) is 8.42 Å². The van der Waals surface area contributed by atoms with Gasteiger partial charge in [0.05, 0.1) is 0 Å². The number of rotatable bonds is 3. The summed E-state index contributed by atoms with van der Waals surface area (Å²) in [5.74, 6) is 0. The third-order valence-corrected chi connectivity index (χ3v) is 2.64. The lowest BCUT2D eigenvalue weighted by Crippen LogP contribution is -2.25. The highest BCUT2D eigenvalue weighted by Gasteiger charge is 2.27. The Bertz CT molecular complexity index is 219. The fourth-order valence-corrected chi connectivity index (χ4v) is 1.64. The van der Waals surface area contributed by atoms with Crippen molar-refractivity contribution in [1.82, 2.24) is 0 Å². The van der Waals surface area contributed by atoms with Crippen LogP contribution >= 0.6 is 11.6 Å². The first-order valence-corrected chi connectivity index (χ1v) is 4.43. The number of carbonyl (C=O) groups is 1. The maximum absolute atomic E-state index is 10.3. The summed E-state index contributed by atoms with van der Waals surface area (Å²) in [5, 5.41) is -2.53. The van der Waals surface area contributed by atoms with Crippen LogP contribution in [-0.4, -0.2) is 23.5 Å². The lowest BCUT2D eigenvalue weighted by molar-refractivity contribution is -0.111. The maximum Gasteiger partial charge on any atom is 0.276 e. The molecule has 0 saturated carbocycles. The lowest BCUT2D eigenvalue weighted by Gasteiger charge is -2.03. The molecular weight excluding hydrogens is 180 g/mol. The van der Waals surface area contributed by atoms with E-state index in [9.17, 15) is 13.2 Å². The molecule has 1 N–H and O–H groups in total. The van der Waals surface area contributed by atoms with Gasteiger partial charge in [0.25, 0.3) is 10.1 Å². The molecule has 0 aliphatic rings. The molecule has 0 amide bonds. The minimum Gasteiger partial charge on any atom is -0.285 e. The lowest BCUT2D eigenvalue weighted by atomic mass is 10.4. The molecule has 0 rings (SSSR count). The van der Waals surface area contributed by atoms with E-state index in [0.717, 1.165) is 0 Å². The minimum atomic E-state index is -4.30. The van der Waals surface area contributed by atoms with E-state index in [2.05, 4.69) is 0 Å². The van der Waals surface area contributed by atoms with Gasteiger partial charge in [-0.3, -0.25) is 9.35 Å². The molecule has 1 unspecified atom stereocenters. The van der Waals surface area contributed by atoms with Gasteiger partial charge in [-0.05, 0) is 18.0 Å². The predicted octanol–water partition coefficient (Wildman–Crippen LogP) is 0.418. The van der Waals surface area contributed by atoms with E-state index in [0.29, 0.717) is 0 Å². The normalized spacial score (nSPS) is 14.7. The summed E-state index contributed by atoms with van der Waals surface area (Å²) in [6.07, 6.45) is -0.0127.